The molecule has 3 fully saturated rings. The first-order chi connectivity index (χ1) is 13.6. The molecule has 3 heterocycles. The van der Waals surface area contributed by atoms with Crippen molar-refractivity contribution in [3.8, 4) is 0 Å². The number of likely N-dealkylation sites (tertiary alicyclic amines) is 2. The number of hydrogen-bond donors (Lipinski definition) is 0. The Labute approximate surface area is 172 Å². The predicted octanol–water partition coefficient (Wildman–Crippen LogP) is 3.24. The van der Waals surface area contributed by atoms with Gasteiger partial charge in [-0.1, -0.05) is 20.8 Å². The van der Waals surface area contributed by atoms with Crippen molar-refractivity contribution in [1.29, 1.82) is 0 Å². The van der Waals surface area contributed by atoms with Gasteiger partial charge in [-0.3, -0.25) is 9.69 Å². The lowest BCUT2D eigenvalue weighted by molar-refractivity contribution is -0.139. The average molecular weight is 394 g/mol. The largest absolute Gasteiger partial charge is 0.381 e. The number of rotatable bonds is 8. The lowest BCUT2D eigenvalue weighted by Crippen LogP contribution is -2.52. The van der Waals surface area contributed by atoms with Crippen LogP contribution in [0.15, 0.2) is 0 Å². The summed E-state index contributed by atoms with van der Waals surface area (Å²) in [7, 11) is 0. The lowest BCUT2D eigenvalue weighted by Gasteiger charge is -2.39. The van der Waals surface area contributed by atoms with Gasteiger partial charge in [0.2, 0.25) is 5.91 Å². The normalized spacial score (nSPS) is 25.9. The van der Waals surface area contributed by atoms with Crippen LogP contribution in [0.1, 0.15) is 65.7 Å². The Morgan fingerprint density at radius 3 is 2.43 bits per heavy atom. The van der Waals surface area contributed by atoms with Crippen LogP contribution in [-0.2, 0) is 9.53 Å². The zero-order chi connectivity index (χ0) is 19.9. The molecule has 0 aliphatic carbocycles. The lowest BCUT2D eigenvalue weighted by atomic mass is 9.92. The fourth-order valence-corrected chi connectivity index (χ4v) is 5.42. The molecule has 1 amide bonds. The molecule has 3 saturated heterocycles. The van der Waals surface area contributed by atoms with E-state index in [4.69, 9.17) is 4.74 Å². The van der Waals surface area contributed by atoms with E-state index in [1.165, 1.54) is 38.8 Å². The summed E-state index contributed by atoms with van der Waals surface area (Å²) in [5.74, 6) is 1.95. The van der Waals surface area contributed by atoms with E-state index in [1.807, 2.05) is 0 Å². The van der Waals surface area contributed by atoms with E-state index in [2.05, 4.69) is 35.5 Å². The quantitative estimate of drug-likeness (QED) is 0.634. The second-order valence-corrected chi connectivity index (χ2v) is 9.58. The van der Waals surface area contributed by atoms with E-state index < -0.39 is 0 Å². The van der Waals surface area contributed by atoms with Gasteiger partial charge in [0.05, 0.1) is 6.04 Å². The van der Waals surface area contributed by atoms with Gasteiger partial charge in [0.1, 0.15) is 0 Å². The molecule has 5 nitrogen and oxygen atoms in total. The van der Waals surface area contributed by atoms with Gasteiger partial charge in [0.15, 0.2) is 0 Å². The van der Waals surface area contributed by atoms with Gasteiger partial charge in [-0.05, 0) is 76.4 Å². The second-order valence-electron chi connectivity index (χ2n) is 9.58. The van der Waals surface area contributed by atoms with E-state index in [0.717, 1.165) is 70.5 Å². The van der Waals surface area contributed by atoms with Crippen molar-refractivity contribution >= 4 is 5.91 Å². The van der Waals surface area contributed by atoms with Gasteiger partial charge < -0.3 is 14.5 Å². The first kappa shape index (κ1) is 22.0. The molecule has 0 unspecified atom stereocenters. The van der Waals surface area contributed by atoms with Crippen molar-refractivity contribution in [3.05, 3.63) is 0 Å². The van der Waals surface area contributed by atoms with E-state index in [9.17, 15) is 4.79 Å². The molecule has 0 aromatic rings. The van der Waals surface area contributed by atoms with Crippen LogP contribution in [0.5, 0.6) is 0 Å². The van der Waals surface area contributed by atoms with Crippen LogP contribution in [0.4, 0.5) is 0 Å². The summed E-state index contributed by atoms with van der Waals surface area (Å²) in [5.41, 5.74) is 0. The third kappa shape index (κ3) is 5.93. The van der Waals surface area contributed by atoms with Crippen LogP contribution in [0, 0.1) is 11.8 Å². The molecule has 0 spiro atoms. The molecule has 162 valence electrons. The highest BCUT2D eigenvalue weighted by Crippen LogP contribution is 2.28. The fourth-order valence-electron chi connectivity index (χ4n) is 5.42. The van der Waals surface area contributed by atoms with Gasteiger partial charge in [-0.25, -0.2) is 0 Å². The minimum absolute atomic E-state index is 0.140. The molecular formula is C23H43N3O2. The molecule has 0 aromatic carbocycles. The zero-order valence-corrected chi connectivity index (χ0v) is 18.6. The molecule has 3 rings (SSSR count). The summed E-state index contributed by atoms with van der Waals surface area (Å²) in [6, 6.07) is 0.699. The molecule has 5 heteroatoms. The summed E-state index contributed by atoms with van der Waals surface area (Å²) < 4.78 is 5.53. The maximum atomic E-state index is 13.2. The monoisotopic (exact) mass is 393 g/mol. The van der Waals surface area contributed by atoms with Gasteiger partial charge in [-0.2, -0.15) is 0 Å². The molecular weight excluding hydrogens is 350 g/mol. The number of hydrogen-bond acceptors (Lipinski definition) is 4. The van der Waals surface area contributed by atoms with Crippen molar-refractivity contribution in [2.45, 2.75) is 77.8 Å². The smallest absolute Gasteiger partial charge is 0.239 e. The van der Waals surface area contributed by atoms with Crippen molar-refractivity contribution in [2.24, 2.45) is 11.8 Å². The van der Waals surface area contributed by atoms with Crippen LogP contribution in [0.3, 0.4) is 0 Å². The molecule has 0 aromatic heterocycles. The SMILES string of the molecule is CCN(CCC1CCN(C(=O)[C@@H]2CCCN2C2CCOCC2)CC1)CC(C)C. The Bertz CT molecular complexity index is 470. The summed E-state index contributed by atoms with van der Waals surface area (Å²) in [4.78, 5) is 20.5. The highest BCUT2D eigenvalue weighted by Gasteiger charge is 2.38. The Morgan fingerprint density at radius 2 is 1.79 bits per heavy atom. The molecule has 0 N–H and O–H groups in total. The summed E-state index contributed by atoms with van der Waals surface area (Å²) in [6.45, 7) is 15.2. The Balaban J connectivity index is 1.43. The molecule has 3 aliphatic heterocycles. The summed E-state index contributed by atoms with van der Waals surface area (Å²) in [5, 5.41) is 0. The van der Waals surface area contributed by atoms with Crippen LogP contribution in [-0.4, -0.2) is 85.2 Å². The highest BCUT2D eigenvalue weighted by molar-refractivity contribution is 5.82. The fraction of sp³-hybridized carbons (Fsp3) is 0.957. The van der Waals surface area contributed by atoms with E-state index in [1.54, 1.807) is 0 Å². The van der Waals surface area contributed by atoms with Crippen molar-refractivity contribution in [1.82, 2.24) is 14.7 Å². The van der Waals surface area contributed by atoms with E-state index in [0.29, 0.717) is 11.9 Å². The van der Waals surface area contributed by atoms with Crippen LogP contribution in [0.25, 0.3) is 0 Å². The maximum absolute atomic E-state index is 13.2. The third-order valence-corrected chi connectivity index (χ3v) is 7.09. The van der Waals surface area contributed by atoms with E-state index in [-0.39, 0.29) is 6.04 Å². The molecule has 3 aliphatic rings. The number of carbonyl (C=O) groups is 1. The van der Waals surface area contributed by atoms with Crippen LogP contribution < -0.4 is 0 Å². The van der Waals surface area contributed by atoms with Crippen molar-refractivity contribution in [3.63, 3.8) is 0 Å². The minimum Gasteiger partial charge on any atom is -0.381 e. The topological polar surface area (TPSA) is 36.0 Å². The maximum Gasteiger partial charge on any atom is 0.239 e. The molecule has 0 radical (unpaired) electrons. The molecule has 1 atom stereocenters. The average Bonchev–Trinajstić information content (AvgIpc) is 3.21. The van der Waals surface area contributed by atoms with Crippen molar-refractivity contribution in [2.75, 3.05) is 52.5 Å². The Hall–Kier alpha value is -0.650. The first-order valence-electron chi connectivity index (χ1n) is 11.9. The Morgan fingerprint density at radius 1 is 1.07 bits per heavy atom. The molecule has 0 saturated carbocycles. The van der Waals surface area contributed by atoms with Crippen LogP contribution >= 0.6 is 0 Å². The summed E-state index contributed by atoms with van der Waals surface area (Å²) >= 11 is 0. The first-order valence-corrected chi connectivity index (χ1v) is 11.9. The number of nitrogens with zero attached hydrogens (tertiary/aromatic N) is 3. The van der Waals surface area contributed by atoms with Gasteiger partial charge >= 0.3 is 0 Å². The van der Waals surface area contributed by atoms with Crippen molar-refractivity contribution < 1.29 is 9.53 Å². The number of ether oxygens (including phenoxy) is 1. The van der Waals surface area contributed by atoms with E-state index >= 15 is 0 Å². The minimum atomic E-state index is 0.140. The zero-order valence-electron chi connectivity index (χ0n) is 18.6. The predicted molar refractivity (Wildman–Crippen MR) is 114 cm³/mol. The molecule has 28 heavy (non-hydrogen) atoms. The Kier molecular flexibility index (Phi) is 8.61. The standard InChI is InChI=1S/C23H43N3O2/c1-4-24(18-19(2)3)13-7-20-8-14-25(15-9-20)23(27)22-6-5-12-26(22)21-10-16-28-17-11-21/h19-22H,4-18H2,1-3H3/t22-/m0/s1. The number of carbonyl (C=O) groups excluding carboxylic acids is 1. The summed E-state index contributed by atoms with van der Waals surface area (Å²) in [6.07, 6.45) is 8.08. The third-order valence-electron chi connectivity index (χ3n) is 7.09. The van der Waals surface area contributed by atoms with Gasteiger partial charge in [0, 0.05) is 38.9 Å². The number of piperidine rings is 1. The molecule has 0 bridgehead atoms. The van der Waals surface area contributed by atoms with Crippen LogP contribution in [0.2, 0.25) is 0 Å². The number of amides is 1. The highest BCUT2D eigenvalue weighted by atomic mass is 16.5. The van der Waals surface area contributed by atoms with Gasteiger partial charge in [0.25, 0.3) is 0 Å². The van der Waals surface area contributed by atoms with Gasteiger partial charge in [-0.15, -0.1) is 0 Å². The second kappa shape index (κ2) is 10.9.